The number of aryl methyl sites for hydroxylation is 1. The van der Waals surface area contributed by atoms with Gasteiger partial charge in [-0.15, -0.1) is 0 Å². The Bertz CT molecular complexity index is 1040. The lowest BCUT2D eigenvalue weighted by atomic mass is 10.2. The molecule has 7 heteroatoms. The van der Waals surface area contributed by atoms with Crippen LogP contribution in [0.5, 0.6) is 5.75 Å². The van der Waals surface area contributed by atoms with Crippen molar-refractivity contribution < 1.29 is 13.9 Å². The number of benzene rings is 2. The molecule has 146 valence electrons. The summed E-state index contributed by atoms with van der Waals surface area (Å²) >= 11 is 0. The number of anilines is 1. The second kappa shape index (κ2) is 7.42. The molecule has 1 amide bonds. The summed E-state index contributed by atoms with van der Waals surface area (Å²) in [5, 5.41) is 0. The van der Waals surface area contributed by atoms with Gasteiger partial charge < -0.3 is 19.0 Å². The van der Waals surface area contributed by atoms with E-state index in [1.165, 1.54) is 4.57 Å². The smallest absolute Gasteiger partial charge is 0.420 e. The Balaban J connectivity index is 1.42. The molecule has 1 fully saturated rings. The third kappa shape index (κ3) is 3.47. The maximum absolute atomic E-state index is 12.8. The first kappa shape index (κ1) is 18.2. The molecule has 28 heavy (non-hydrogen) atoms. The molecule has 2 aromatic carbocycles. The minimum atomic E-state index is -0.495. The molecule has 3 aromatic rings. The summed E-state index contributed by atoms with van der Waals surface area (Å²) < 4.78 is 11.9. The molecule has 0 atom stereocenters. The van der Waals surface area contributed by atoms with E-state index in [0.29, 0.717) is 24.2 Å². The van der Waals surface area contributed by atoms with Gasteiger partial charge in [-0.2, -0.15) is 0 Å². The van der Waals surface area contributed by atoms with Gasteiger partial charge in [0.15, 0.2) is 5.58 Å². The van der Waals surface area contributed by atoms with Gasteiger partial charge in [0.25, 0.3) is 0 Å². The average Bonchev–Trinajstić information content (AvgIpc) is 3.03. The van der Waals surface area contributed by atoms with E-state index in [2.05, 4.69) is 4.90 Å². The largest absolute Gasteiger partial charge is 0.497 e. The molecule has 1 aliphatic rings. The van der Waals surface area contributed by atoms with Crippen LogP contribution in [0.4, 0.5) is 5.69 Å². The van der Waals surface area contributed by atoms with E-state index >= 15 is 0 Å². The number of carbonyl (C=O) groups is 1. The number of methoxy groups -OCH3 is 1. The summed E-state index contributed by atoms with van der Waals surface area (Å²) in [7, 11) is 1.65. The van der Waals surface area contributed by atoms with Gasteiger partial charge in [0.1, 0.15) is 12.3 Å². The fourth-order valence-electron chi connectivity index (χ4n) is 3.56. The number of carbonyl (C=O) groups excluding carboxylic acids is 1. The average molecular weight is 381 g/mol. The summed E-state index contributed by atoms with van der Waals surface area (Å²) in [6.07, 6.45) is 0. The summed E-state index contributed by atoms with van der Waals surface area (Å²) in [6.45, 7) is 4.68. The van der Waals surface area contributed by atoms with Crippen LogP contribution in [0, 0.1) is 6.92 Å². The molecule has 0 N–H and O–H groups in total. The lowest BCUT2D eigenvalue weighted by molar-refractivity contribution is -0.132. The number of nitrogens with zero attached hydrogens (tertiary/aromatic N) is 3. The van der Waals surface area contributed by atoms with E-state index in [9.17, 15) is 9.59 Å². The third-order valence-electron chi connectivity index (χ3n) is 5.19. The van der Waals surface area contributed by atoms with E-state index in [0.717, 1.165) is 30.1 Å². The molecular formula is C21H23N3O4. The number of piperazine rings is 1. The molecule has 0 bridgehead atoms. The number of aromatic nitrogens is 1. The van der Waals surface area contributed by atoms with Crippen molar-refractivity contribution in [2.75, 3.05) is 38.2 Å². The zero-order chi connectivity index (χ0) is 19.7. The van der Waals surface area contributed by atoms with Crippen LogP contribution in [0.1, 0.15) is 5.56 Å². The molecule has 7 nitrogen and oxygen atoms in total. The number of ether oxygens (including phenoxy) is 1. The summed E-state index contributed by atoms with van der Waals surface area (Å²) in [5.74, 6) is 0.261. The van der Waals surface area contributed by atoms with Gasteiger partial charge in [-0.05, 0) is 48.9 Å². The van der Waals surface area contributed by atoms with E-state index < -0.39 is 5.76 Å². The Labute approximate surface area is 162 Å². The van der Waals surface area contributed by atoms with Crippen LogP contribution in [0.3, 0.4) is 0 Å². The van der Waals surface area contributed by atoms with Crippen LogP contribution in [0.2, 0.25) is 0 Å². The van der Waals surface area contributed by atoms with Crippen molar-refractivity contribution in [1.82, 2.24) is 9.47 Å². The molecule has 1 saturated heterocycles. The van der Waals surface area contributed by atoms with Crippen molar-refractivity contribution in [1.29, 1.82) is 0 Å². The normalized spacial score (nSPS) is 14.5. The van der Waals surface area contributed by atoms with Crippen molar-refractivity contribution in [2.24, 2.45) is 0 Å². The number of hydrogen-bond acceptors (Lipinski definition) is 5. The van der Waals surface area contributed by atoms with Crippen LogP contribution < -0.4 is 15.4 Å². The zero-order valence-corrected chi connectivity index (χ0v) is 16.1. The van der Waals surface area contributed by atoms with Crippen molar-refractivity contribution in [2.45, 2.75) is 13.5 Å². The Morgan fingerprint density at radius 3 is 2.46 bits per heavy atom. The van der Waals surface area contributed by atoms with Gasteiger partial charge in [0, 0.05) is 31.9 Å². The van der Waals surface area contributed by atoms with Gasteiger partial charge in [0.05, 0.1) is 12.6 Å². The van der Waals surface area contributed by atoms with Crippen LogP contribution in [0.15, 0.2) is 51.7 Å². The first-order valence-electron chi connectivity index (χ1n) is 9.32. The van der Waals surface area contributed by atoms with Crippen molar-refractivity contribution in [3.05, 3.63) is 58.6 Å². The maximum atomic E-state index is 12.8. The highest BCUT2D eigenvalue weighted by molar-refractivity contribution is 5.80. The van der Waals surface area contributed by atoms with Crippen LogP contribution >= 0.6 is 0 Å². The molecule has 4 rings (SSSR count). The Morgan fingerprint density at radius 1 is 1.07 bits per heavy atom. The standard InChI is InChI=1S/C21H23N3O4/c1-15-3-8-19-18(13-15)24(21(26)28-19)14-20(25)23-11-9-22(10-12-23)16-4-6-17(27-2)7-5-16/h3-8,13H,9-12,14H2,1-2H3. The maximum Gasteiger partial charge on any atom is 0.420 e. The van der Waals surface area contributed by atoms with Crippen molar-refractivity contribution in [3.63, 3.8) is 0 Å². The minimum Gasteiger partial charge on any atom is -0.497 e. The van der Waals surface area contributed by atoms with Crippen LogP contribution in [-0.4, -0.2) is 48.7 Å². The molecule has 1 aliphatic heterocycles. The van der Waals surface area contributed by atoms with Gasteiger partial charge in [-0.25, -0.2) is 4.79 Å². The molecule has 1 aromatic heterocycles. The Morgan fingerprint density at radius 2 is 1.79 bits per heavy atom. The predicted molar refractivity (Wildman–Crippen MR) is 107 cm³/mol. The van der Waals surface area contributed by atoms with Crippen molar-refractivity contribution >= 4 is 22.7 Å². The van der Waals surface area contributed by atoms with E-state index in [1.807, 2.05) is 43.3 Å². The minimum absolute atomic E-state index is 0.00216. The fourth-order valence-corrected chi connectivity index (χ4v) is 3.56. The second-order valence-corrected chi connectivity index (χ2v) is 6.99. The Kier molecular flexibility index (Phi) is 4.81. The quantitative estimate of drug-likeness (QED) is 0.694. The fraction of sp³-hybridized carbons (Fsp3) is 0.333. The van der Waals surface area contributed by atoms with Gasteiger partial charge >= 0.3 is 5.76 Å². The lowest BCUT2D eigenvalue weighted by Crippen LogP contribution is -2.50. The highest BCUT2D eigenvalue weighted by Crippen LogP contribution is 2.21. The Hall–Kier alpha value is -3.22. The molecule has 0 spiro atoms. The zero-order valence-electron chi connectivity index (χ0n) is 16.1. The monoisotopic (exact) mass is 381 g/mol. The molecule has 0 unspecified atom stereocenters. The van der Waals surface area contributed by atoms with Gasteiger partial charge in [-0.1, -0.05) is 6.07 Å². The van der Waals surface area contributed by atoms with E-state index in [-0.39, 0.29) is 12.5 Å². The molecular weight excluding hydrogens is 358 g/mol. The molecule has 2 heterocycles. The number of rotatable bonds is 4. The number of fused-ring (bicyclic) bond motifs is 1. The highest BCUT2D eigenvalue weighted by Gasteiger charge is 2.23. The van der Waals surface area contributed by atoms with Gasteiger partial charge in [0.2, 0.25) is 5.91 Å². The highest BCUT2D eigenvalue weighted by atomic mass is 16.5. The first-order valence-corrected chi connectivity index (χ1v) is 9.32. The molecule has 0 aliphatic carbocycles. The van der Waals surface area contributed by atoms with E-state index in [4.69, 9.17) is 9.15 Å². The third-order valence-corrected chi connectivity index (χ3v) is 5.19. The molecule has 0 saturated carbocycles. The summed E-state index contributed by atoms with van der Waals surface area (Å²) in [6, 6.07) is 13.4. The van der Waals surface area contributed by atoms with Crippen LogP contribution in [-0.2, 0) is 11.3 Å². The van der Waals surface area contributed by atoms with Gasteiger partial charge in [-0.3, -0.25) is 9.36 Å². The topological polar surface area (TPSA) is 67.9 Å². The lowest BCUT2D eigenvalue weighted by Gasteiger charge is -2.36. The summed E-state index contributed by atoms with van der Waals surface area (Å²) in [4.78, 5) is 29.0. The number of hydrogen-bond donors (Lipinski definition) is 0. The van der Waals surface area contributed by atoms with Crippen molar-refractivity contribution in [3.8, 4) is 5.75 Å². The second-order valence-electron chi connectivity index (χ2n) is 6.99. The summed E-state index contributed by atoms with van der Waals surface area (Å²) in [5.41, 5.74) is 3.30. The first-order chi connectivity index (χ1) is 13.5. The predicted octanol–water partition coefficient (Wildman–Crippen LogP) is 2.26. The SMILES string of the molecule is COc1ccc(N2CCN(C(=O)Cn3c(=O)oc4ccc(C)cc43)CC2)cc1. The molecule has 0 radical (unpaired) electrons. The van der Waals surface area contributed by atoms with Crippen LogP contribution in [0.25, 0.3) is 11.1 Å². The number of oxazole rings is 1. The number of amides is 1. The van der Waals surface area contributed by atoms with E-state index in [1.54, 1.807) is 18.1 Å².